The van der Waals surface area contributed by atoms with Gasteiger partial charge in [-0.2, -0.15) is 0 Å². The first-order chi connectivity index (χ1) is 13.5. The molecule has 1 saturated heterocycles. The van der Waals surface area contributed by atoms with Crippen molar-refractivity contribution in [3.63, 3.8) is 0 Å². The van der Waals surface area contributed by atoms with Crippen LogP contribution in [0, 0.1) is 11.8 Å². The second-order valence-corrected chi connectivity index (χ2v) is 8.44. The van der Waals surface area contributed by atoms with Gasteiger partial charge in [0.05, 0.1) is 5.92 Å². The number of aliphatic carboxylic acids is 1. The Hall–Kier alpha value is -2.14. The van der Waals surface area contributed by atoms with Gasteiger partial charge in [0, 0.05) is 24.0 Å². The molecular weight excluding hydrogens is 418 g/mol. The normalized spacial score (nSPS) is 19.0. The van der Waals surface area contributed by atoms with E-state index < -0.39 is 11.9 Å². The van der Waals surface area contributed by atoms with Gasteiger partial charge in [-0.1, -0.05) is 58.4 Å². The zero-order chi connectivity index (χ0) is 19.9. The molecule has 28 heavy (non-hydrogen) atoms. The molecular formula is C23H26BrNO3. The molecule has 5 heteroatoms. The minimum atomic E-state index is -0.800. The van der Waals surface area contributed by atoms with Crippen molar-refractivity contribution in [2.24, 2.45) is 11.8 Å². The van der Waals surface area contributed by atoms with Crippen LogP contribution < -0.4 is 0 Å². The van der Waals surface area contributed by atoms with E-state index in [9.17, 15) is 14.7 Å². The van der Waals surface area contributed by atoms with Crippen LogP contribution in [0.1, 0.15) is 30.4 Å². The molecule has 0 saturated carbocycles. The quantitative estimate of drug-likeness (QED) is 0.608. The molecule has 0 aromatic heterocycles. The number of hydrogen-bond donors (Lipinski definition) is 1. The van der Waals surface area contributed by atoms with Crippen LogP contribution in [-0.2, 0) is 22.4 Å². The summed E-state index contributed by atoms with van der Waals surface area (Å²) in [7, 11) is 0. The molecule has 2 atom stereocenters. The number of rotatable bonds is 8. The maximum Gasteiger partial charge on any atom is 0.308 e. The van der Waals surface area contributed by atoms with Crippen molar-refractivity contribution in [1.29, 1.82) is 0 Å². The number of hydrogen-bond acceptors (Lipinski definition) is 2. The van der Waals surface area contributed by atoms with Crippen LogP contribution >= 0.6 is 15.9 Å². The van der Waals surface area contributed by atoms with Gasteiger partial charge >= 0.3 is 5.97 Å². The van der Waals surface area contributed by atoms with Crippen LogP contribution in [0.25, 0.3) is 0 Å². The first-order valence-electron chi connectivity index (χ1n) is 9.82. The van der Waals surface area contributed by atoms with Crippen molar-refractivity contribution < 1.29 is 14.7 Å². The van der Waals surface area contributed by atoms with E-state index in [4.69, 9.17) is 0 Å². The van der Waals surface area contributed by atoms with E-state index in [1.165, 1.54) is 5.56 Å². The van der Waals surface area contributed by atoms with Crippen molar-refractivity contribution in [3.05, 3.63) is 70.2 Å². The van der Waals surface area contributed by atoms with Gasteiger partial charge in [0.1, 0.15) is 0 Å². The molecule has 0 unspecified atom stereocenters. The number of halogens is 1. The highest BCUT2D eigenvalue weighted by Gasteiger charge is 2.39. The van der Waals surface area contributed by atoms with Crippen LogP contribution in [0.4, 0.5) is 0 Å². The molecule has 1 aliphatic rings. The van der Waals surface area contributed by atoms with E-state index in [0.29, 0.717) is 25.9 Å². The SMILES string of the molecule is O=C(O)[C@@H]1CN(C(=O)CCCCc2ccc(Br)cc2)C[C@H]1Cc1ccccc1. The number of carboxylic acid groups (broad SMARTS) is 1. The number of likely N-dealkylation sites (tertiary alicyclic amines) is 1. The van der Waals surface area contributed by atoms with Gasteiger partial charge in [-0.05, 0) is 54.9 Å². The lowest BCUT2D eigenvalue weighted by molar-refractivity contribution is -0.142. The molecule has 0 aliphatic carbocycles. The number of nitrogens with zero attached hydrogens (tertiary/aromatic N) is 1. The average Bonchev–Trinajstić information content (AvgIpc) is 3.11. The molecule has 1 aliphatic heterocycles. The van der Waals surface area contributed by atoms with Gasteiger partial charge in [0.2, 0.25) is 5.91 Å². The summed E-state index contributed by atoms with van der Waals surface area (Å²) in [5.41, 5.74) is 2.40. The number of aryl methyl sites for hydroxylation is 1. The van der Waals surface area contributed by atoms with Crippen LogP contribution in [0.3, 0.4) is 0 Å². The number of benzene rings is 2. The van der Waals surface area contributed by atoms with Crippen LogP contribution in [0.15, 0.2) is 59.1 Å². The third-order valence-corrected chi connectivity index (χ3v) is 6.00. The Labute approximate surface area is 174 Å². The summed E-state index contributed by atoms with van der Waals surface area (Å²) in [4.78, 5) is 26.0. The number of amides is 1. The summed E-state index contributed by atoms with van der Waals surface area (Å²) in [5, 5.41) is 9.58. The second-order valence-electron chi connectivity index (χ2n) is 7.53. The Morgan fingerprint density at radius 1 is 0.964 bits per heavy atom. The number of carbonyl (C=O) groups is 2. The van der Waals surface area contributed by atoms with Crippen molar-refractivity contribution in [1.82, 2.24) is 4.90 Å². The van der Waals surface area contributed by atoms with E-state index in [2.05, 4.69) is 28.1 Å². The Kier molecular flexibility index (Phi) is 7.26. The highest BCUT2D eigenvalue weighted by atomic mass is 79.9. The van der Waals surface area contributed by atoms with E-state index in [-0.39, 0.29) is 11.8 Å². The molecule has 0 bridgehead atoms. The third kappa shape index (κ3) is 5.68. The van der Waals surface area contributed by atoms with E-state index >= 15 is 0 Å². The molecule has 0 spiro atoms. The zero-order valence-electron chi connectivity index (χ0n) is 15.9. The fourth-order valence-electron chi connectivity index (χ4n) is 3.89. The zero-order valence-corrected chi connectivity index (χ0v) is 17.5. The molecule has 1 heterocycles. The van der Waals surface area contributed by atoms with Crippen LogP contribution in [-0.4, -0.2) is 35.0 Å². The predicted molar refractivity (Wildman–Crippen MR) is 113 cm³/mol. The van der Waals surface area contributed by atoms with Gasteiger partial charge in [0.15, 0.2) is 0 Å². The third-order valence-electron chi connectivity index (χ3n) is 5.47. The molecule has 4 nitrogen and oxygen atoms in total. The summed E-state index contributed by atoms with van der Waals surface area (Å²) < 4.78 is 1.07. The molecule has 3 rings (SSSR count). The molecule has 2 aromatic rings. The lowest BCUT2D eigenvalue weighted by Crippen LogP contribution is -2.29. The molecule has 0 radical (unpaired) electrons. The monoisotopic (exact) mass is 443 g/mol. The van der Waals surface area contributed by atoms with E-state index in [0.717, 1.165) is 29.3 Å². The van der Waals surface area contributed by atoms with Crippen molar-refractivity contribution in [2.75, 3.05) is 13.1 Å². The maximum atomic E-state index is 12.6. The molecule has 148 valence electrons. The second kappa shape index (κ2) is 9.87. The molecule has 2 aromatic carbocycles. The van der Waals surface area contributed by atoms with Gasteiger partial charge in [-0.15, -0.1) is 0 Å². The predicted octanol–water partition coefficient (Wildman–Crippen LogP) is 4.56. The Morgan fingerprint density at radius 2 is 1.68 bits per heavy atom. The fourth-order valence-corrected chi connectivity index (χ4v) is 4.16. The summed E-state index contributed by atoms with van der Waals surface area (Å²) in [6, 6.07) is 18.2. The molecule has 1 amide bonds. The van der Waals surface area contributed by atoms with Gasteiger partial charge < -0.3 is 10.0 Å². The molecule has 1 N–H and O–H groups in total. The van der Waals surface area contributed by atoms with Crippen LogP contribution in [0.5, 0.6) is 0 Å². The van der Waals surface area contributed by atoms with Crippen molar-refractivity contribution in [3.8, 4) is 0 Å². The number of carboxylic acids is 1. The first kappa shape index (κ1) is 20.6. The average molecular weight is 444 g/mol. The maximum absolute atomic E-state index is 12.6. The standard InChI is InChI=1S/C23H26BrNO3/c24-20-12-10-17(11-13-20)6-4-5-9-22(26)25-15-19(21(16-25)23(27)28)14-18-7-2-1-3-8-18/h1-3,7-8,10-13,19,21H,4-6,9,14-16H2,(H,27,28)/t19-,21-/m1/s1. The Balaban J connectivity index is 1.48. The Bertz CT molecular complexity index is 791. The Morgan fingerprint density at radius 3 is 2.36 bits per heavy atom. The number of carbonyl (C=O) groups excluding carboxylic acids is 1. The van der Waals surface area contributed by atoms with Gasteiger partial charge in [0.25, 0.3) is 0 Å². The van der Waals surface area contributed by atoms with E-state index in [1.807, 2.05) is 42.5 Å². The lowest BCUT2D eigenvalue weighted by Gasteiger charge is -2.16. The summed E-state index contributed by atoms with van der Waals surface area (Å²) in [6.07, 6.45) is 3.92. The number of unbranched alkanes of at least 4 members (excludes halogenated alkanes) is 1. The minimum absolute atomic E-state index is 0.0217. The summed E-state index contributed by atoms with van der Waals surface area (Å²) in [5.74, 6) is -1.22. The van der Waals surface area contributed by atoms with Gasteiger partial charge in [-0.25, -0.2) is 0 Å². The molecule has 1 fully saturated rings. The van der Waals surface area contributed by atoms with Crippen molar-refractivity contribution >= 4 is 27.8 Å². The fraction of sp³-hybridized carbons (Fsp3) is 0.391. The summed E-state index contributed by atoms with van der Waals surface area (Å²) in [6.45, 7) is 0.871. The minimum Gasteiger partial charge on any atom is -0.481 e. The van der Waals surface area contributed by atoms with Gasteiger partial charge in [-0.3, -0.25) is 9.59 Å². The highest BCUT2D eigenvalue weighted by molar-refractivity contribution is 9.10. The van der Waals surface area contributed by atoms with Crippen LogP contribution in [0.2, 0.25) is 0 Å². The highest BCUT2D eigenvalue weighted by Crippen LogP contribution is 2.28. The largest absolute Gasteiger partial charge is 0.481 e. The van der Waals surface area contributed by atoms with Crippen molar-refractivity contribution in [2.45, 2.75) is 32.1 Å². The van der Waals surface area contributed by atoms with E-state index in [1.54, 1.807) is 4.90 Å². The first-order valence-corrected chi connectivity index (χ1v) is 10.6. The topological polar surface area (TPSA) is 57.6 Å². The lowest BCUT2D eigenvalue weighted by atomic mass is 9.90. The smallest absolute Gasteiger partial charge is 0.308 e. The summed E-state index contributed by atoms with van der Waals surface area (Å²) >= 11 is 3.43.